The Bertz CT molecular complexity index is 1230. The summed E-state index contributed by atoms with van der Waals surface area (Å²) < 4.78 is 46.4. The molecule has 0 spiro atoms. The zero-order chi connectivity index (χ0) is 23.1. The fourth-order valence-corrected chi connectivity index (χ4v) is 3.84. The van der Waals surface area contributed by atoms with Gasteiger partial charge in [-0.05, 0) is 54.1 Å². The minimum absolute atomic E-state index is 0.00815. The normalized spacial score (nSPS) is 10.8. The molecule has 3 rings (SSSR count). The van der Waals surface area contributed by atoms with Gasteiger partial charge in [0.1, 0.15) is 11.6 Å². The predicted molar refractivity (Wildman–Crippen MR) is 116 cm³/mol. The van der Waals surface area contributed by atoms with Crippen LogP contribution in [0, 0.1) is 5.82 Å². The molecule has 2 amide bonds. The van der Waals surface area contributed by atoms with Crippen molar-refractivity contribution in [1.82, 2.24) is 10.9 Å². The standard InChI is InChI=1S/C22H20FN3O5S/c1-31-18-11-9-17(10-12-18)26-32(29,30)19-7-4-6-16(13-19)22(28)25-24-21(27)14-15-5-2-3-8-20(15)23/h2-13,26H,14H2,1H3,(H,24,27)(H,25,28). The van der Waals surface area contributed by atoms with Crippen molar-refractivity contribution in [3.63, 3.8) is 0 Å². The van der Waals surface area contributed by atoms with E-state index < -0.39 is 27.7 Å². The molecular formula is C22H20FN3O5S. The lowest BCUT2D eigenvalue weighted by atomic mass is 10.1. The summed E-state index contributed by atoms with van der Waals surface area (Å²) in [6.07, 6.45) is -0.271. The quantitative estimate of drug-likeness (QED) is 0.472. The van der Waals surface area contributed by atoms with Gasteiger partial charge in [0.05, 0.1) is 18.4 Å². The second kappa shape index (κ2) is 9.92. The van der Waals surface area contributed by atoms with Crippen LogP contribution in [0.2, 0.25) is 0 Å². The van der Waals surface area contributed by atoms with E-state index >= 15 is 0 Å². The molecule has 0 fully saturated rings. The first-order valence-corrected chi connectivity index (χ1v) is 10.9. The van der Waals surface area contributed by atoms with Crippen molar-refractivity contribution in [2.24, 2.45) is 0 Å². The van der Waals surface area contributed by atoms with E-state index in [1.807, 2.05) is 0 Å². The minimum atomic E-state index is -3.97. The first kappa shape index (κ1) is 22.8. The van der Waals surface area contributed by atoms with Crippen LogP contribution in [-0.4, -0.2) is 27.3 Å². The van der Waals surface area contributed by atoms with E-state index in [2.05, 4.69) is 15.6 Å². The molecule has 3 aromatic carbocycles. The van der Waals surface area contributed by atoms with Crippen molar-refractivity contribution in [1.29, 1.82) is 0 Å². The van der Waals surface area contributed by atoms with Gasteiger partial charge in [-0.2, -0.15) is 0 Å². The Hall–Kier alpha value is -3.92. The maximum Gasteiger partial charge on any atom is 0.269 e. The van der Waals surface area contributed by atoms with Crippen LogP contribution in [0.3, 0.4) is 0 Å². The first-order valence-electron chi connectivity index (χ1n) is 9.38. The molecule has 0 bridgehead atoms. The van der Waals surface area contributed by atoms with Gasteiger partial charge in [-0.15, -0.1) is 0 Å². The van der Waals surface area contributed by atoms with Gasteiger partial charge in [-0.3, -0.25) is 25.2 Å². The van der Waals surface area contributed by atoms with Crippen LogP contribution in [-0.2, 0) is 21.2 Å². The van der Waals surface area contributed by atoms with Gasteiger partial charge in [0.25, 0.3) is 15.9 Å². The second-order valence-corrected chi connectivity index (χ2v) is 8.31. The maximum absolute atomic E-state index is 13.6. The minimum Gasteiger partial charge on any atom is -0.497 e. The van der Waals surface area contributed by atoms with E-state index in [1.54, 1.807) is 18.2 Å². The second-order valence-electron chi connectivity index (χ2n) is 6.63. The van der Waals surface area contributed by atoms with Crippen molar-refractivity contribution >= 4 is 27.5 Å². The molecule has 0 aromatic heterocycles. The van der Waals surface area contributed by atoms with Crippen LogP contribution in [0.4, 0.5) is 10.1 Å². The molecule has 0 saturated carbocycles. The fraction of sp³-hybridized carbons (Fsp3) is 0.0909. The lowest BCUT2D eigenvalue weighted by Gasteiger charge is -2.11. The lowest BCUT2D eigenvalue weighted by molar-refractivity contribution is -0.121. The van der Waals surface area contributed by atoms with Gasteiger partial charge in [-0.1, -0.05) is 24.3 Å². The summed E-state index contributed by atoms with van der Waals surface area (Å²) in [5, 5.41) is 0. The summed E-state index contributed by atoms with van der Waals surface area (Å²) in [5.74, 6) is -1.32. The average molecular weight is 457 g/mol. The zero-order valence-corrected chi connectivity index (χ0v) is 17.8. The fourth-order valence-electron chi connectivity index (χ4n) is 2.74. The molecule has 3 aromatic rings. The molecule has 166 valence electrons. The van der Waals surface area contributed by atoms with Crippen molar-refractivity contribution < 1.29 is 27.1 Å². The smallest absolute Gasteiger partial charge is 0.269 e. The number of hydrazine groups is 1. The number of halogens is 1. The number of hydrogen-bond acceptors (Lipinski definition) is 5. The number of amides is 2. The number of rotatable bonds is 7. The maximum atomic E-state index is 13.6. The summed E-state index contributed by atoms with van der Waals surface area (Å²) in [6, 6.07) is 17.4. The number of carbonyl (C=O) groups is 2. The third-order valence-electron chi connectivity index (χ3n) is 4.37. The van der Waals surface area contributed by atoms with Crippen molar-refractivity contribution in [3.05, 3.63) is 89.7 Å². The van der Waals surface area contributed by atoms with E-state index in [0.29, 0.717) is 11.4 Å². The van der Waals surface area contributed by atoms with Crippen LogP contribution >= 0.6 is 0 Å². The van der Waals surface area contributed by atoms with Gasteiger partial charge in [-0.25, -0.2) is 12.8 Å². The van der Waals surface area contributed by atoms with Crippen LogP contribution in [0.5, 0.6) is 5.75 Å². The van der Waals surface area contributed by atoms with Crippen molar-refractivity contribution in [2.45, 2.75) is 11.3 Å². The molecule has 0 aliphatic rings. The molecule has 0 heterocycles. The van der Waals surface area contributed by atoms with E-state index in [0.717, 1.165) is 0 Å². The molecule has 10 heteroatoms. The third-order valence-corrected chi connectivity index (χ3v) is 5.75. The Morgan fingerprint density at radius 3 is 2.34 bits per heavy atom. The Morgan fingerprint density at radius 2 is 1.66 bits per heavy atom. The van der Waals surface area contributed by atoms with Gasteiger partial charge in [0.2, 0.25) is 5.91 Å². The van der Waals surface area contributed by atoms with Gasteiger partial charge in [0.15, 0.2) is 0 Å². The third kappa shape index (κ3) is 5.82. The molecular weight excluding hydrogens is 437 g/mol. The molecule has 0 radical (unpaired) electrons. The number of ether oxygens (including phenoxy) is 1. The monoisotopic (exact) mass is 457 g/mol. The topological polar surface area (TPSA) is 114 Å². The molecule has 0 atom stereocenters. The van der Waals surface area contributed by atoms with Crippen LogP contribution < -0.4 is 20.3 Å². The Labute approximate surface area is 184 Å². The molecule has 0 saturated heterocycles. The molecule has 32 heavy (non-hydrogen) atoms. The number of methoxy groups -OCH3 is 1. The SMILES string of the molecule is COc1ccc(NS(=O)(=O)c2cccc(C(=O)NNC(=O)Cc3ccccc3F)c2)cc1. The number of carbonyl (C=O) groups excluding carboxylic acids is 2. The lowest BCUT2D eigenvalue weighted by Crippen LogP contribution is -2.42. The highest BCUT2D eigenvalue weighted by atomic mass is 32.2. The average Bonchev–Trinajstić information content (AvgIpc) is 2.79. The van der Waals surface area contributed by atoms with Gasteiger partial charge >= 0.3 is 0 Å². The summed E-state index contributed by atoms with van der Waals surface area (Å²) in [4.78, 5) is 24.2. The van der Waals surface area contributed by atoms with Gasteiger partial charge in [0, 0.05) is 11.3 Å². The molecule has 3 N–H and O–H groups in total. The molecule has 0 unspecified atom stereocenters. The number of anilines is 1. The van der Waals surface area contributed by atoms with Crippen LogP contribution in [0.15, 0.2) is 77.7 Å². The number of sulfonamides is 1. The Balaban J connectivity index is 1.64. The first-order chi connectivity index (χ1) is 15.3. The highest BCUT2D eigenvalue weighted by molar-refractivity contribution is 7.92. The van der Waals surface area contributed by atoms with Gasteiger partial charge < -0.3 is 4.74 Å². The predicted octanol–water partition coefficient (Wildman–Crippen LogP) is 2.64. The van der Waals surface area contributed by atoms with Crippen molar-refractivity contribution in [3.8, 4) is 5.75 Å². The molecule has 0 aliphatic heterocycles. The summed E-state index contributed by atoms with van der Waals surface area (Å²) in [6.45, 7) is 0. The zero-order valence-electron chi connectivity index (χ0n) is 17.0. The highest BCUT2D eigenvalue weighted by Gasteiger charge is 2.17. The van der Waals surface area contributed by atoms with Crippen LogP contribution in [0.25, 0.3) is 0 Å². The Morgan fingerprint density at radius 1 is 0.938 bits per heavy atom. The summed E-state index contributed by atoms with van der Waals surface area (Å²) >= 11 is 0. The Kier molecular flexibility index (Phi) is 7.06. The number of nitrogens with one attached hydrogen (secondary N) is 3. The number of hydrogen-bond donors (Lipinski definition) is 3. The molecule has 8 nitrogen and oxygen atoms in total. The van der Waals surface area contributed by atoms with E-state index in [1.165, 1.54) is 61.7 Å². The molecule has 0 aliphatic carbocycles. The van der Waals surface area contributed by atoms with E-state index in [-0.39, 0.29) is 22.4 Å². The van der Waals surface area contributed by atoms with E-state index in [9.17, 15) is 22.4 Å². The number of benzene rings is 3. The summed E-state index contributed by atoms with van der Waals surface area (Å²) in [7, 11) is -2.47. The van der Waals surface area contributed by atoms with E-state index in [4.69, 9.17) is 4.74 Å². The summed E-state index contributed by atoms with van der Waals surface area (Å²) in [5.41, 5.74) is 4.88. The highest BCUT2D eigenvalue weighted by Crippen LogP contribution is 2.20. The van der Waals surface area contributed by atoms with Crippen molar-refractivity contribution in [2.75, 3.05) is 11.8 Å². The van der Waals surface area contributed by atoms with Crippen LogP contribution in [0.1, 0.15) is 15.9 Å². The largest absolute Gasteiger partial charge is 0.497 e.